The van der Waals surface area contributed by atoms with E-state index in [1.807, 2.05) is 12.1 Å². The van der Waals surface area contributed by atoms with Crippen LogP contribution in [0.1, 0.15) is 0 Å². The highest BCUT2D eigenvalue weighted by Crippen LogP contribution is 2.25. The topological polar surface area (TPSA) is 85.6 Å². The van der Waals surface area contributed by atoms with Crippen LogP contribution in [-0.4, -0.2) is 31.7 Å². The van der Waals surface area contributed by atoms with Crippen LogP contribution in [0.25, 0.3) is 10.9 Å². The average molecular weight is 332 g/mol. The van der Waals surface area contributed by atoms with E-state index in [9.17, 15) is 4.79 Å². The minimum Gasteiger partial charge on any atom is -0.357 e. The van der Waals surface area contributed by atoms with Crippen LogP contribution in [0.5, 0.6) is 0 Å². The molecule has 3 rings (SSSR count). The molecule has 9 heteroatoms. The number of hydrogen-bond acceptors (Lipinski definition) is 8. The van der Waals surface area contributed by atoms with Crippen molar-refractivity contribution in [1.29, 1.82) is 0 Å². The van der Waals surface area contributed by atoms with Gasteiger partial charge in [-0.1, -0.05) is 46.5 Å². The maximum atomic E-state index is 12.3. The summed E-state index contributed by atoms with van der Waals surface area (Å²) in [5, 5.41) is 20.4. The molecule has 0 aliphatic carbocycles. The first-order valence-electron chi connectivity index (χ1n) is 6.41. The number of nitrogens with zero attached hydrogens (tertiary/aromatic N) is 5. The number of aromatic nitrogens is 5. The van der Waals surface area contributed by atoms with Crippen molar-refractivity contribution in [3.63, 3.8) is 0 Å². The summed E-state index contributed by atoms with van der Waals surface area (Å²) in [5.41, 5.74) is 0.438. The molecule has 0 saturated carbocycles. The fraction of sp³-hybridized carbons (Fsp3) is 0.154. The van der Waals surface area contributed by atoms with Gasteiger partial charge in [0.05, 0.1) is 11.3 Å². The summed E-state index contributed by atoms with van der Waals surface area (Å²) in [5.74, 6) is 0.340. The van der Waals surface area contributed by atoms with E-state index < -0.39 is 0 Å². The molecule has 3 aromatic rings. The molecule has 2 heterocycles. The van der Waals surface area contributed by atoms with E-state index >= 15 is 0 Å². The summed E-state index contributed by atoms with van der Waals surface area (Å²) in [4.78, 5) is 12.3. The van der Waals surface area contributed by atoms with Gasteiger partial charge in [0.2, 0.25) is 5.13 Å². The number of rotatable bonds is 6. The Morgan fingerprint density at radius 2 is 2.18 bits per heavy atom. The summed E-state index contributed by atoms with van der Waals surface area (Å²) in [7, 11) is 0. The van der Waals surface area contributed by atoms with Crippen LogP contribution >= 0.6 is 23.1 Å². The highest BCUT2D eigenvalue weighted by Gasteiger charge is 2.08. The monoisotopic (exact) mass is 332 g/mol. The van der Waals surface area contributed by atoms with Crippen LogP contribution in [-0.2, 0) is 5.88 Å². The first-order chi connectivity index (χ1) is 10.8. The van der Waals surface area contributed by atoms with Gasteiger partial charge in [-0.3, -0.25) is 4.79 Å². The number of anilines is 1. The first-order valence-corrected chi connectivity index (χ1v) is 8.22. The second-order valence-electron chi connectivity index (χ2n) is 4.23. The Bertz CT molecular complexity index is 859. The Morgan fingerprint density at radius 3 is 3.05 bits per heavy atom. The van der Waals surface area contributed by atoms with Crippen molar-refractivity contribution < 1.29 is 0 Å². The molecule has 2 aromatic heterocycles. The molecule has 0 aliphatic rings. The molecular weight excluding hydrogens is 320 g/mol. The summed E-state index contributed by atoms with van der Waals surface area (Å²) in [6, 6.07) is 7.15. The number of benzene rings is 1. The van der Waals surface area contributed by atoms with Gasteiger partial charge >= 0.3 is 0 Å². The van der Waals surface area contributed by atoms with Crippen LogP contribution in [0.3, 0.4) is 0 Å². The Morgan fingerprint density at radius 1 is 1.32 bits per heavy atom. The zero-order chi connectivity index (χ0) is 15.4. The minimum atomic E-state index is -0.160. The van der Waals surface area contributed by atoms with Crippen LogP contribution in [0.15, 0.2) is 46.1 Å². The molecule has 0 bridgehead atoms. The summed E-state index contributed by atoms with van der Waals surface area (Å²) < 4.78 is 2.08. The largest absolute Gasteiger partial charge is 0.357 e. The fourth-order valence-corrected chi connectivity index (χ4v) is 3.34. The minimum absolute atomic E-state index is 0.160. The lowest BCUT2D eigenvalue weighted by atomic mass is 10.2. The molecule has 0 aliphatic heterocycles. The van der Waals surface area contributed by atoms with Gasteiger partial charge in [-0.05, 0) is 12.1 Å². The lowest BCUT2D eigenvalue weighted by Gasteiger charge is -2.02. The molecule has 0 atom stereocenters. The predicted molar refractivity (Wildman–Crippen MR) is 88.3 cm³/mol. The number of nitrogens with one attached hydrogen (secondary N) is 1. The van der Waals surface area contributed by atoms with Gasteiger partial charge in [-0.25, -0.2) is 0 Å². The third-order valence-corrected chi connectivity index (χ3v) is 4.73. The molecule has 0 fully saturated rings. The lowest BCUT2D eigenvalue weighted by molar-refractivity contribution is 0.644. The van der Waals surface area contributed by atoms with Crippen molar-refractivity contribution in [2.45, 2.75) is 10.2 Å². The summed E-state index contributed by atoms with van der Waals surface area (Å²) in [6.07, 6.45) is 1.75. The quantitative estimate of drug-likeness (QED) is 0.546. The van der Waals surface area contributed by atoms with E-state index in [-0.39, 0.29) is 5.56 Å². The van der Waals surface area contributed by atoms with E-state index in [1.165, 1.54) is 27.8 Å². The Labute approximate surface area is 134 Å². The van der Waals surface area contributed by atoms with Crippen LogP contribution in [0.4, 0.5) is 5.13 Å². The Hall–Kier alpha value is -2.26. The fourth-order valence-electron chi connectivity index (χ4n) is 1.72. The van der Waals surface area contributed by atoms with Gasteiger partial charge in [0.25, 0.3) is 5.56 Å². The van der Waals surface area contributed by atoms with Gasteiger partial charge < -0.3 is 5.32 Å². The van der Waals surface area contributed by atoms with Gasteiger partial charge in [0, 0.05) is 6.54 Å². The van der Waals surface area contributed by atoms with E-state index in [1.54, 1.807) is 18.2 Å². The zero-order valence-corrected chi connectivity index (χ0v) is 13.1. The van der Waals surface area contributed by atoms with Crippen molar-refractivity contribution in [3.8, 4) is 0 Å². The highest BCUT2D eigenvalue weighted by atomic mass is 32.2. The Balaban J connectivity index is 1.74. The Kier molecular flexibility index (Phi) is 4.45. The zero-order valence-electron chi connectivity index (χ0n) is 11.5. The molecule has 0 saturated heterocycles. The van der Waals surface area contributed by atoms with Crippen molar-refractivity contribution in [2.75, 3.05) is 11.9 Å². The highest BCUT2D eigenvalue weighted by molar-refractivity contribution is 8.00. The predicted octanol–water partition coefficient (Wildman–Crippen LogP) is 1.99. The maximum absolute atomic E-state index is 12.3. The summed E-state index contributed by atoms with van der Waals surface area (Å²) in [6.45, 7) is 4.26. The molecule has 7 nitrogen and oxygen atoms in total. The standard InChI is InChI=1S/C13H12N6OS2/c1-2-7-14-12-16-17-13(22-12)21-8-19-11(20)9-5-3-4-6-10(9)15-18-19/h2-6H,1,7-8H2,(H,14,16). The van der Waals surface area contributed by atoms with E-state index in [2.05, 4.69) is 32.4 Å². The maximum Gasteiger partial charge on any atom is 0.278 e. The third kappa shape index (κ3) is 3.15. The van der Waals surface area contributed by atoms with Crippen molar-refractivity contribution in [3.05, 3.63) is 47.3 Å². The molecule has 1 N–H and O–H groups in total. The van der Waals surface area contributed by atoms with Gasteiger partial charge in [-0.15, -0.1) is 21.9 Å². The second kappa shape index (κ2) is 6.67. The molecular formula is C13H12N6OS2. The van der Waals surface area contributed by atoms with E-state index in [0.717, 1.165) is 9.47 Å². The molecule has 0 amide bonds. The third-order valence-electron chi connectivity index (χ3n) is 2.74. The number of thioether (sulfide) groups is 1. The van der Waals surface area contributed by atoms with E-state index in [0.29, 0.717) is 23.3 Å². The van der Waals surface area contributed by atoms with Crippen molar-refractivity contribution >= 4 is 39.1 Å². The smallest absolute Gasteiger partial charge is 0.278 e. The second-order valence-corrected chi connectivity index (χ2v) is 6.40. The number of hydrogen-bond donors (Lipinski definition) is 1. The molecule has 0 unspecified atom stereocenters. The van der Waals surface area contributed by atoms with E-state index in [4.69, 9.17) is 0 Å². The van der Waals surface area contributed by atoms with Crippen molar-refractivity contribution in [1.82, 2.24) is 25.2 Å². The van der Waals surface area contributed by atoms with Gasteiger partial charge in [0.15, 0.2) is 4.34 Å². The van der Waals surface area contributed by atoms with Crippen LogP contribution < -0.4 is 10.9 Å². The van der Waals surface area contributed by atoms with Gasteiger partial charge in [-0.2, -0.15) is 4.68 Å². The molecule has 0 radical (unpaired) electrons. The molecule has 0 spiro atoms. The van der Waals surface area contributed by atoms with Crippen molar-refractivity contribution in [2.24, 2.45) is 0 Å². The van der Waals surface area contributed by atoms with Gasteiger partial charge in [0.1, 0.15) is 5.52 Å². The summed E-state index contributed by atoms with van der Waals surface area (Å²) >= 11 is 2.81. The molecule has 1 aromatic carbocycles. The number of fused-ring (bicyclic) bond motifs is 1. The SMILES string of the molecule is C=CCNc1nnc(SCn2nnc3ccccc3c2=O)s1. The molecule has 22 heavy (non-hydrogen) atoms. The first kappa shape index (κ1) is 14.7. The lowest BCUT2D eigenvalue weighted by Crippen LogP contribution is -2.23. The van der Waals surface area contributed by atoms with Crippen LogP contribution in [0.2, 0.25) is 0 Å². The normalized spacial score (nSPS) is 10.7. The van der Waals surface area contributed by atoms with Crippen LogP contribution in [0, 0.1) is 0 Å². The molecule has 112 valence electrons. The average Bonchev–Trinajstić information content (AvgIpc) is 3.00.